The molecule has 2 rings (SSSR count). The molecule has 136 valence electrons. The molecule has 9 heteroatoms. The van der Waals surface area contributed by atoms with Crippen LogP contribution in [0, 0.1) is 17.0 Å². The molecule has 26 heavy (non-hydrogen) atoms. The summed E-state index contributed by atoms with van der Waals surface area (Å²) in [7, 11) is 1.34. The Bertz CT molecular complexity index is 864. The Hall–Kier alpha value is -3.62. The number of nitrogens with one attached hydrogen (secondary N) is 1. The number of esters is 1. The molecule has 0 saturated carbocycles. The lowest BCUT2D eigenvalue weighted by Gasteiger charge is -2.11. The van der Waals surface area contributed by atoms with Crippen LogP contribution in [0.1, 0.15) is 15.9 Å². The summed E-state index contributed by atoms with van der Waals surface area (Å²) in [4.78, 5) is 34.2. The largest absolute Gasteiger partial charge is 0.507 e. The minimum Gasteiger partial charge on any atom is -0.507 e. The predicted molar refractivity (Wildman–Crippen MR) is 91.4 cm³/mol. The number of nitro benzene ring substituents is 1. The van der Waals surface area contributed by atoms with Gasteiger partial charge in [0.25, 0.3) is 11.6 Å². The highest BCUT2D eigenvalue weighted by molar-refractivity contribution is 5.97. The standard InChI is InChI=1S/C17H16N2O7/c1-10-4-3-5-12(16(10)21)17(22)26-9-15(20)18-13-8-11(19(23)24)6-7-14(13)25-2/h3-8,21H,9H2,1-2H3,(H,18,20). The zero-order valence-electron chi connectivity index (χ0n) is 14.0. The van der Waals surface area contributed by atoms with Crippen LogP contribution in [0.25, 0.3) is 0 Å². The second-order valence-electron chi connectivity index (χ2n) is 5.24. The van der Waals surface area contributed by atoms with E-state index in [2.05, 4.69) is 5.32 Å². The van der Waals surface area contributed by atoms with Crippen molar-refractivity contribution in [3.05, 3.63) is 57.6 Å². The molecule has 0 spiro atoms. The second-order valence-corrected chi connectivity index (χ2v) is 5.24. The fourth-order valence-electron chi connectivity index (χ4n) is 2.13. The summed E-state index contributed by atoms with van der Waals surface area (Å²) < 4.78 is 9.89. The molecule has 2 aromatic rings. The number of carbonyl (C=O) groups is 2. The quantitative estimate of drug-likeness (QED) is 0.460. The number of hydrogen-bond donors (Lipinski definition) is 2. The van der Waals surface area contributed by atoms with E-state index in [9.17, 15) is 24.8 Å². The first-order chi connectivity index (χ1) is 12.3. The maximum Gasteiger partial charge on any atom is 0.342 e. The SMILES string of the molecule is COc1ccc([N+](=O)[O-])cc1NC(=O)COC(=O)c1cccc(C)c1O. The molecule has 1 amide bonds. The van der Waals surface area contributed by atoms with Crippen LogP contribution in [0.2, 0.25) is 0 Å². The summed E-state index contributed by atoms with van der Waals surface area (Å²) >= 11 is 0. The summed E-state index contributed by atoms with van der Waals surface area (Å²) in [5.74, 6) is -1.60. The molecule has 2 aromatic carbocycles. The molecule has 0 fully saturated rings. The van der Waals surface area contributed by atoms with Gasteiger partial charge in [0.15, 0.2) is 6.61 Å². The van der Waals surface area contributed by atoms with Gasteiger partial charge in [-0.3, -0.25) is 14.9 Å². The number of para-hydroxylation sites is 1. The van der Waals surface area contributed by atoms with Crippen molar-refractivity contribution in [2.75, 3.05) is 19.0 Å². The van der Waals surface area contributed by atoms with E-state index in [1.54, 1.807) is 19.1 Å². The van der Waals surface area contributed by atoms with Crippen molar-refractivity contribution in [2.24, 2.45) is 0 Å². The monoisotopic (exact) mass is 360 g/mol. The lowest BCUT2D eigenvalue weighted by atomic mass is 10.1. The van der Waals surface area contributed by atoms with E-state index in [-0.39, 0.29) is 28.4 Å². The van der Waals surface area contributed by atoms with Crippen LogP contribution in [0.15, 0.2) is 36.4 Å². The molecular weight excluding hydrogens is 344 g/mol. The van der Waals surface area contributed by atoms with Crippen molar-refractivity contribution >= 4 is 23.3 Å². The maximum absolute atomic E-state index is 12.0. The van der Waals surface area contributed by atoms with Crippen LogP contribution in [-0.2, 0) is 9.53 Å². The summed E-state index contributed by atoms with van der Waals surface area (Å²) in [6, 6.07) is 8.25. The van der Waals surface area contributed by atoms with E-state index in [0.29, 0.717) is 5.56 Å². The van der Waals surface area contributed by atoms with Gasteiger partial charge in [-0.2, -0.15) is 0 Å². The minimum absolute atomic E-state index is 0.0641. The summed E-state index contributed by atoms with van der Waals surface area (Å²) in [5.41, 5.74) is 0.264. The average Bonchev–Trinajstić information content (AvgIpc) is 2.61. The van der Waals surface area contributed by atoms with Crippen molar-refractivity contribution in [1.82, 2.24) is 0 Å². The zero-order chi connectivity index (χ0) is 19.3. The Kier molecular flexibility index (Phi) is 5.74. The number of aromatic hydroxyl groups is 1. The number of non-ortho nitro benzene ring substituents is 1. The summed E-state index contributed by atoms with van der Waals surface area (Å²) in [6.07, 6.45) is 0. The molecule has 9 nitrogen and oxygen atoms in total. The lowest BCUT2D eigenvalue weighted by molar-refractivity contribution is -0.384. The van der Waals surface area contributed by atoms with E-state index >= 15 is 0 Å². The third-order valence-electron chi connectivity index (χ3n) is 3.46. The third kappa shape index (κ3) is 4.26. The van der Waals surface area contributed by atoms with Gasteiger partial charge in [-0.1, -0.05) is 12.1 Å². The highest BCUT2D eigenvalue weighted by Gasteiger charge is 2.17. The topological polar surface area (TPSA) is 128 Å². The molecule has 0 bridgehead atoms. The lowest BCUT2D eigenvalue weighted by Crippen LogP contribution is -2.21. The van der Waals surface area contributed by atoms with Gasteiger partial charge < -0.3 is 19.9 Å². The molecule has 0 radical (unpaired) electrons. The van der Waals surface area contributed by atoms with E-state index in [4.69, 9.17) is 9.47 Å². The molecule has 2 N–H and O–H groups in total. The van der Waals surface area contributed by atoms with Crippen LogP contribution in [-0.4, -0.2) is 35.6 Å². The van der Waals surface area contributed by atoms with Crippen molar-refractivity contribution in [3.8, 4) is 11.5 Å². The number of methoxy groups -OCH3 is 1. The molecule has 0 saturated heterocycles. The number of nitro groups is 1. The maximum atomic E-state index is 12.0. The highest BCUT2D eigenvalue weighted by Crippen LogP contribution is 2.29. The molecule has 0 aromatic heterocycles. The number of aryl methyl sites for hydroxylation is 1. The Balaban J connectivity index is 2.05. The number of phenolic OH excluding ortho intramolecular Hbond substituents is 1. The number of rotatable bonds is 6. The second kappa shape index (κ2) is 7.97. The predicted octanol–water partition coefficient (Wildman–Crippen LogP) is 2.41. The minimum atomic E-state index is -0.868. The van der Waals surface area contributed by atoms with Crippen LogP contribution in [0.4, 0.5) is 11.4 Å². The van der Waals surface area contributed by atoms with Crippen LogP contribution in [0.3, 0.4) is 0 Å². The first-order valence-electron chi connectivity index (χ1n) is 7.41. The van der Waals surface area contributed by atoms with E-state index < -0.39 is 23.4 Å². The first kappa shape index (κ1) is 18.7. The molecule has 0 heterocycles. The fourth-order valence-corrected chi connectivity index (χ4v) is 2.13. The van der Waals surface area contributed by atoms with Crippen molar-refractivity contribution < 1.29 is 29.1 Å². The van der Waals surface area contributed by atoms with E-state index in [1.165, 1.54) is 25.3 Å². The Morgan fingerprint density at radius 3 is 2.65 bits per heavy atom. The molecule has 0 atom stereocenters. The normalized spacial score (nSPS) is 10.1. The molecular formula is C17H16N2O7. The van der Waals surface area contributed by atoms with Crippen LogP contribution in [0.5, 0.6) is 11.5 Å². The van der Waals surface area contributed by atoms with Crippen molar-refractivity contribution in [1.29, 1.82) is 0 Å². The zero-order valence-corrected chi connectivity index (χ0v) is 14.0. The smallest absolute Gasteiger partial charge is 0.342 e. The Morgan fingerprint density at radius 1 is 1.27 bits per heavy atom. The number of phenols is 1. The Morgan fingerprint density at radius 2 is 2.00 bits per heavy atom. The number of carbonyl (C=O) groups excluding carboxylic acids is 2. The molecule has 0 aliphatic rings. The number of benzene rings is 2. The third-order valence-corrected chi connectivity index (χ3v) is 3.46. The van der Waals surface area contributed by atoms with Gasteiger partial charge >= 0.3 is 5.97 Å². The van der Waals surface area contributed by atoms with Gasteiger partial charge in [-0.15, -0.1) is 0 Å². The summed E-state index contributed by atoms with van der Waals surface area (Å²) in [5, 5.41) is 23.0. The van der Waals surface area contributed by atoms with Crippen molar-refractivity contribution in [2.45, 2.75) is 6.92 Å². The highest BCUT2D eigenvalue weighted by atomic mass is 16.6. The number of anilines is 1. The molecule has 0 aliphatic carbocycles. The number of amides is 1. The van der Waals surface area contributed by atoms with Gasteiger partial charge in [0.05, 0.1) is 17.7 Å². The van der Waals surface area contributed by atoms with Gasteiger partial charge in [-0.05, 0) is 24.6 Å². The Labute approximate surface area is 148 Å². The number of hydrogen-bond acceptors (Lipinski definition) is 7. The molecule has 0 unspecified atom stereocenters. The number of ether oxygens (including phenoxy) is 2. The van der Waals surface area contributed by atoms with Gasteiger partial charge in [0.2, 0.25) is 0 Å². The van der Waals surface area contributed by atoms with Gasteiger partial charge in [-0.25, -0.2) is 4.79 Å². The number of nitrogens with zero attached hydrogens (tertiary/aromatic N) is 1. The van der Waals surface area contributed by atoms with Crippen molar-refractivity contribution in [3.63, 3.8) is 0 Å². The van der Waals surface area contributed by atoms with E-state index in [0.717, 1.165) is 6.07 Å². The van der Waals surface area contributed by atoms with Crippen LogP contribution >= 0.6 is 0 Å². The fraction of sp³-hybridized carbons (Fsp3) is 0.176. The van der Waals surface area contributed by atoms with Gasteiger partial charge in [0.1, 0.15) is 17.1 Å². The van der Waals surface area contributed by atoms with Crippen LogP contribution < -0.4 is 10.1 Å². The average molecular weight is 360 g/mol. The molecule has 0 aliphatic heterocycles. The van der Waals surface area contributed by atoms with Gasteiger partial charge in [0, 0.05) is 12.1 Å². The summed E-state index contributed by atoms with van der Waals surface area (Å²) in [6.45, 7) is 0.978. The van der Waals surface area contributed by atoms with E-state index in [1.807, 2.05) is 0 Å². The first-order valence-corrected chi connectivity index (χ1v) is 7.41.